The first-order valence-corrected chi connectivity index (χ1v) is 6.13. The van der Waals surface area contributed by atoms with Crippen LogP contribution in [0, 0.1) is 5.82 Å². The van der Waals surface area contributed by atoms with E-state index < -0.39 is 5.82 Å². The van der Waals surface area contributed by atoms with E-state index in [1.807, 2.05) is 6.92 Å². The minimum atomic E-state index is -0.514. The first kappa shape index (κ1) is 13.0. The Labute approximate surface area is 110 Å². The molecule has 2 rings (SSSR count). The van der Waals surface area contributed by atoms with Gasteiger partial charge in [0.1, 0.15) is 5.69 Å². The number of hydrogen-bond acceptors (Lipinski definition) is 3. The molecule has 0 radical (unpaired) electrons. The van der Waals surface area contributed by atoms with E-state index in [-0.39, 0.29) is 16.8 Å². The lowest BCUT2D eigenvalue weighted by molar-refractivity contribution is 0.607. The zero-order chi connectivity index (χ0) is 13.1. The molecule has 0 saturated carbocycles. The van der Waals surface area contributed by atoms with Gasteiger partial charge >= 0.3 is 0 Å². The van der Waals surface area contributed by atoms with Gasteiger partial charge in [0, 0.05) is 0 Å². The van der Waals surface area contributed by atoms with Crippen LogP contribution in [0.4, 0.5) is 4.39 Å². The standard InChI is InChI=1S/C12H14ClFN4/c1-2-4-9(15)10-7-18(17-16-10)11-6-3-5-8(13)12(11)14/h3,5-7,9H,2,4,15H2,1H3. The van der Waals surface area contributed by atoms with Gasteiger partial charge in [-0.3, -0.25) is 0 Å². The molecule has 0 spiro atoms. The molecule has 0 aliphatic rings. The predicted molar refractivity (Wildman–Crippen MR) is 68.2 cm³/mol. The molecule has 0 aliphatic heterocycles. The molecule has 1 atom stereocenters. The van der Waals surface area contributed by atoms with Gasteiger partial charge in [-0.2, -0.15) is 0 Å². The third-order valence-corrected chi connectivity index (χ3v) is 2.96. The van der Waals surface area contributed by atoms with Crippen molar-refractivity contribution in [2.24, 2.45) is 5.73 Å². The average molecular weight is 269 g/mol. The highest BCUT2D eigenvalue weighted by molar-refractivity contribution is 6.30. The molecule has 18 heavy (non-hydrogen) atoms. The van der Waals surface area contributed by atoms with E-state index in [2.05, 4.69) is 10.3 Å². The maximum absolute atomic E-state index is 13.8. The molecule has 6 heteroatoms. The first-order valence-electron chi connectivity index (χ1n) is 5.75. The van der Waals surface area contributed by atoms with Crippen molar-refractivity contribution in [3.05, 3.63) is 40.9 Å². The highest BCUT2D eigenvalue weighted by atomic mass is 35.5. The Morgan fingerprint density at radius 2 is 2.28 bits per heavy atom. The van der Waals surface area contributed by atoms with Crippen molar-refractivity contribution in [3.63, 3.8) is 0 Å². The summed E-state index contributed by atoms with van der Waals surface area (Å²) in [5.41, 5.74) is 6.85. The summed E-state index contributed by atoms with van der Waals surface area (Å²) in [5.74, 6) is -0.514. The van der Waals surface area contributed by atoms with Gasteiger partial charge in [-0.15, -0.1) is 5.10 Å². The van der Waals surface area contributed by atoms with Crippen LogP contribution in [0.1, 0.15) is 31.5 Å². The summed E-state index contributed by atoms with van der Waals surface area (Å²) in [6, 6.07) is 4.56. The van der Waals surface area contributed by atoms with Gasteiger partial charge in [-0.1, -0.05) is 36.2 Å². The summed E-state index contributed by atoms with van der Waals surface area (Å²) >= 11 is 5.72. The fourth-order valence-electron chi connectivity index (χ4n) is 1.69. The van der Waals surface area contributed by atoms with Crippen molar-refractivity contribution in [2.75, 3.05) is 0 Å². The second-order valence-electron chi connectivity index (χ2n) is 4.06. The van der Waals surface area contributed by atoms with Crippen molar-refractivity contribution in [3.8, 4) is 5.69 Å². The lowest BCUT2D eigenvalue weighted by Crippen LogP contribution is -2.10. The van der Waals surface area contributed by atoms with E-state index in [4.69, 9.17) is 17.3 Å². The highest BCUT2D eigenvalue weighted by Gasteiger charge is 2.13. The average Bonchev–Trinajstić information content (AvgIpc) is 2.82. The molecule has 2 N–H and O–H groups in total. The molecule has 4 nitrogen and oxygen atoms in total. The Kier molecular flexibility index (Phi) is 3.93. The number of aromatic nitrogens is 3. The number of nitrogens with two attached hydrogens (primary N) is 1. The second kappa shape index (κ2) is 5.46. The van der Waals surface area contributed by atoms with E-state index in [1.165, 1.54) is 10.7 Å². The molecule has 1 aromatic carbocycles. The molecule has 96 valence electrons. The minimum absolute atomic E-state index is 0.0578. The molecule has 1 unspecified atom stereocenters. The Hall–Kier alpha value is -1.46. The van der Waals surface area contributed by atoms with Gasteiger partial charge in [0.15, 0.2) is 5.82 Å². The molecule has 1 heterocycles. The summed E-state index contributed by atoms with van der Waals surface area (Å²) in [7, 11) is 0. The molecule has 0 aliphatic carbocycles. The molecule has 0 fully saturated rings. The van der Waals surface area contributed by atoms with Gasteiger partial charge in [0.2, 0.25) is 0 Å². The van der Waals surface area contributed by atoms with Crippen molar-refractivity contribution < 1.29 is 4.39 Å². The summed E-state index contributed by atoms with van der Waals surface area (Å²) in [4.78, 5) is 0. The van der Waals surface area contributed by atoms with Crippen molar-refractivity contribution in [1.29, 1.82) is 0 Å². The van der Waals surface area contributed by atoms with E-state index in [0.717, 1.165) is 12.8 Å². The molecule has 0 bridgehead atoms. The second-order valence-corrected chi connectivity index (χ2v) is 4.46. The lowest BCUT2D eigenvalue weighted by Gasteiger charge is -2.05. The normalized spacial score (nSPS) is 12.7. The SMILES string of the molecule is CCCC(N)c1cn(-c2cccc(Cl)c2F)nn1. The van der Waals surface area contributed by atoms with Crippen LogP contribution in [-0.4, -0.2) is 15.0 Å². The lowest BCUT2D eigenvalue weighted by atomic mass is 10.1. The topological polar surface area (TPSA) is 56.7 Å². The summed E-state index contributed by atoms with van der Waals surface area (Å²) in [5, 5.41) is 7.90. The van der Waals surface area contributed by atoms with Crippen LogP contribution in [0.25, 0.3) is 5.69 Å². The Balaban J connectivity index is 2.32. The van der Waals surface area contributed by atoms with Crippen LogP contribution in [-0.2, 0) is 0 Å². The summed E-state index contributed by atoms with van der Waals surface area (Å²) in [6.07, 6.45) is 3.41. The van der Waals surface area contributed by atoms with Crippen molar-refractivity contribution in [2.45, 2.75) is 25.8 Å². The van der Waals surface area contributed by atoms with Crippen LogP contribution < -0.4 is 5.73 Å². The third-order valence-electron chi connectivity index (χ3n) is 2.67. The smallest absolute Gasteiger partial charge is 0.167 e. The Morgan fingerprint density at radius 3 is 3.00 bits per heavy atom. The zero-order valence-electron chi connectivity index (χ0n) is 9.98. The van der Waals surface area contributed by atoms with E-state index in [9.17, 15) is 4.39 Å². The molecule has 0 saturated heterocycles. The monoisotopic (exact) mass is 268 g/mol. The van der Waals surface area contributed by atoms with Gasteiger partial charge in [0.25, 0.3) is 0 Å². The van der Waals surface area contributed by atoms with E-state index in [0.29, 0.717) is 5.69 Å². The van der Waals surface area contributed by atoms with Gasteiger partial charge < -0.3 is 5.73 Å². The highest BCUT2D eigenvalue weighted by Crippen LogP contribution is 2.21. The quantitative estimate of drug-likeness (QED) is 0.928. The summed E-state index contributed by atoms with van der Waals surface area (Å²) in [6.45, 7) is 2.04. The Morgan fingerprint density at radius 1 is 1.50 bits per heavy atom. The predicted octanol–water partition coefficient (Wildman–Crippen LogP) is 2.86. The number of halogens is 2. The van der Waals surface area contributed by atoms with Crippen LogP contribution in [0.3, 0.4) is 0 Å². The molecule has 1 aromatic heterocycles. The third kappa shape index (κ3) is 2.52. The van der Waals surface area contributed by atoms with Crippen LogP contribution in [0.2, 0.25) is 5.02 Å². The zero-order valence-corrected chi connectivity index (χ0v) is 10.7. The maximum atomic E-state index is 13.8. The van der Waals surface area contributed by atoms with Crippen molar-refractivity contribution in [1.82, 2.24) is 15.0 Å². The number of rotatable bonds is 4. The van der Waals surface area contributed by atoms with E-state index >= 15 is 0 Å². The van der Waals surface area contributed by atoms with Crippen LogP contribution in [0.15, 0.2) is 24.4 Å². The fraction of sp³-hybridized carbons (Fsp3) is 0.333. The van der Waals surface area contributed by atoms with E-state index in [1.54, 1.807) is 18.3 Å². The fourth-order valence-corrected chi connectivity index (χ4v) is 1.86. The minimum Gasteiger partial charge on any atom is -0.323 e. The first-order chi connectivity index (χ1) is 8.63. The number of hydrogen-bond donors (Lipinski definition) is 1. The van der Waals surface area contributed by atoms with Gasteiger partial charge in [-0.05, 0) is 18.6 Å². The van der Waals surface area contributed by atoms with Gasteiger partial charge in [-0.25, -0.2) is 9.07 Å². The van der Waals surface area contributed by atoms with Crippen LogP contribution in [0.5, 0.6) is 0 Å². The maximum Gasteiger partial charge on any atom is 0.167 e. The summed E-state index contributed by atoms with van der Waals surface area (Å²) < 4.78 is 15.1. The largest absolute Gasteiger partial charge is 0.323 e. The molecular formula is C12H14ClFN4. The number of nitrogens with zero attached hydrogens (tertiary/aromatic N) is 3. The Bertz CT molecular complexity index is 541. The number of benzene rings is 1. The van der Waals surface area contributed by atoms with Gasteiger partial charge in [0.05, 0.1) is 23.0 Å². The van der Waals surface area contributed by atoms with Crippen molar-refractivity contribution >= 4 is 11.6 Å². The van der Waals surface area contributed by atoms with Crippen LogP contribution >= 0.6 is 11.6 Å². The molecular weight excluding hydrogens is 255 g/mol. The molecule has 2 aromatic rings. The molecule has 0 amide bonds.